The lowest BCUT2D eigenvalue weighted by molar-refractivity contribution is 0.411. The van der Waals surface area contributed by atoms with Gasteiger partial charge >= 0.3 is 0 Å². The summed E-state index contributed by atoms with van der Waals surface area (Å²) >= 11 is 3.23. The summed E-state index contributed by atoms with van der Waals surface area (Å²) in [6, 6.07) is 4.44. The summed E-state index contributed by atoms with van der Waals surface area (Å²) in [5.41, 5.74) is 0. The average Bonchev–Trinajstić information content (AvgIpc) is 2.73. The monoisotopic (exact) mass is 346 g/mol. The lowest BCUT2D eigenvalue weighted by Gasteiger charge is -2.07. The van der Waals surface area contributed by atoms with Crippen molar-refractivity contribution in [1.82, 2.24) is 15.2 Å². The minimum absolute atomic E-state index is 0.00411. The fourth-order valence-electron chi connectivity index (χ4n) is 1.38. The van der Waals surface area contributed by atoms with Crippen molar-refractivity contribution < 1.29 is 13.2 Å². The predicted octanol–water partition coefficient (Wildman–Crippen LogP) is 1.69. The summed E-state index contributed by atoms with van der Waals surface area (Å²) < 4.78 is 32.1. The van der Waals surface area contributed by atoms with Crippen molar-refractivity contribution in [2.45, 2.75) is 11.8 Å². The van der Waals surface area contributed by atoms with Gasteiger partial charge in [-0.2, -0.15) is 4.98 Å². The van der Waals surface area contributed by atoms with Crippen molar-refractivity contribution in [3.05, 3.63) is 28.5 Å². The smallest absolute Gasteiger partial charge is 0.264 e. The molecule has 0 aliphatic rings. The number of nitrogens with one attached hydrogen (secondary N) is 2. The van der Waals surface area contributed by atoms with E-state index in [1.165, 1.54) is 19.2 Å². The molecule has 0 aliphatic heterocycles. The molecule has 102 valence electrons. The van der Waals surface area contributed by atoms with Gasteiger partial charge in [-0.3, -0.25) is 5.10 Å². The number of anilines is 1. The molecule has 0 bridgehead atoms. The maximum absolute atomic E-state index is 12.1. The molecule has 2 aromatic rings. The van der Waals surface area contributed by atoms with Gasteiger partial charge in [0.2, 0.25) is 0 Å². The number of benzene rings is 1. The predicted molar refractivity (Wildman–Crippen MR) is 72.6 cm³/mol. The Morgan fingerprint density at radius 3 is 2.68 bits per heavy atom. The second-order valence-electron chi connectivity index (χ2n) is 3.65. The van der Waals surface area contributed by atoms with Crippen molar-refractivity contribution in [2.24, 2.45) is 0 Å². The SMILES string of the molecule is COc1ccc(S(=O)(=O)Nc2n[nH]c(C)n2)cc1Br. The number of halogens is 1. The van der Waals surface area contributed by atoms with Crippen LogP contribution in [0, 0.1) is 6.92 Å². The van der Waals surface area contributed by atoms with Crippen LogP contribution in [0.4, 0.5) is 5.95 Å². The fraction of sp³-hybridized carbons (Fsp3) is 0.200. The number of aromatic nitrogens is 3. The molecule has 0 saturated carbocycles. The first-order valence-electron chi connectivity index (χ1n) is 5.18. The summed E-state index contributed by atoms with van der Waals surface area (Å²) in [5, 5.41) is 6.27. The number of aromatic amines is 1. The Labute approximate surface area is 118 Å². The van der Waals surface area contributed by atoms with Crippen LogP contribution in [-0.4, -0.2) is 30.7 Å². The van der Waals surface area contributed by atoms with Crippen LogP contribution in [0.3, 0.4) is 0 Å². The average molecular weight is 347 g/mol. The topological polar surface area (TPSA) is 97.0 Å². The van der Waals surface area contributed by atoms with Crippen molar-refractivity contribution in [1.29, 1.82) is 0 Å². The zero-order chi connectivity index (χ0) is 14.0. The van der Waals surface area contributed by atoms with Gasteiger partial charge < -0.3 is 4.74 Å². The summed E-state index contributed by atoms with van der Waals surface area (Å²) in [6.07, 6.45) is 0. The molecular formula is C10H11BrN4O3S. The van der Waals surface area contributed by atoms with Crippen molar-refractivity contribution in [3.8, 4) is 5.75 Å². The van der Waals surface area contributed by atoms with Gasteiger partial charge in [0.1, 0.15) is 11.6 Å². The lowest BCUT2D eigenvalue weighted by Crippen LogP contribution is -2.14. The largest absolute Gasteiger partial charge is 0.496 e. The highest BCUT2D eigenvalue weighted by Crippen LogP contribution is 2.27. The molecule has 0 radical (unpaired) electrons. The third-order valence-electron chi connectivity index (χ3n) is 2.26. The summed E-state index contributed by atoms with van der Waals surface area (Å²) in [7, 11) is -2.23. The summed E-state index contributed by atoms with van der Waals surface area (Å²) in [5.74, 6) is 1.07. The maximum Gasteiger partial charge on any atom is 0.264 e. The van der Waals surface area contributed by atoms with Crippen LogP contribution in [0.1, 0.15) is 5.82 Å². The number of ether oxygens (including phenoxy) is 1. The molecule has 19 heavy (non-hydrogen) atoms. The molecule has 1 heterocycles. The van der Waals surface area contributed by atoms with Crippen LogP contribution in [0.2, 0.25) is 0 Å². The highest BCUT2D eigenvalue weighted by molar-refractivity contribution is 9.10. The van der Waals surface area contributed by atoms with E-state index in [1.54, 1.807) is 13.0 Å². The van der Waals surface area contributed by atoms with Crippen LogP contribution < -0.4 is 9.46 Å². The van der Waals surface area contributed by atoms with E-state index in [0.717, 1.165) is 0 Å². The molecule has 0 fully saturated rings. The van der Waals surface area contributed by atoms with Crippen LogP contribution >= 0.6 is 15.9 Å². The van der Waals surface area contributed by atoms with Crippen molar-refractivity contribution >= 4 is 31.9 Å². The van der Waals surface area contributed by atoms with E-state index in [9.17, 15) is 8.42 Å². The molecule has 0 atom stereocenters. The van der Waals surface area contributed by atoms with Gasteiger partial charge in [0.15, 0.2) is 0 Å². The molecule has 9 heteroatoms. The first kappa shape index (κ1) is 13.8. The molecular weight excluding hydrogens is 336 g/mol. The van der Waals surface area contributed by atoms with Gasteiger partial charge in [0, 0.05) is 0 Å². The Kier molecular flexibility index (Phi) is 3.76. The van der Waals surface area contributed by atoms with E-state index in [0.29, 0.717) is 16.0 Å². The van der Waals surface area contributed by atoms with E-state index in [-0.39, 0.29) is 10.8 Å². The molecule has 0 saturated heterocycles. The third-order valence-corrected chi connectivity index (χ3v) is 4.20. The van der Waals surface area contributed by atoms with E-state index in [2.05, 4.69) is 35.8 Å². The van der Waals surface area contributed by atoms with Gasteiger partial charge in [-0.25, -0.2) is 13.1 Å². The Morgan fingerprint density at radius 2 is 2.16 bits per heavy atom. The molecule has 1 aromatic heterocycles. The number of H-pyrrole nitrogens is 1. The molecule has 2 N–H and O–H groups in total. The number of hydrogen-bond donors (Lipinski definition) is 2. The highest BCUT2D eigenvalue weighted by atomic mass is 79.9. The minimum atomic E-state index is -3.73. The second-order valence-corrected chi connectivity index (χ2v) is 6.18. The molecule has 7 nitrogen and oxygen atoms in total. The molecule has 0 spiro atoms. The molecule has 0 unspecified atom stereocenters. The van der Waals surface area contributed by atoms with E-state index < -0.39 is 10.0 Å². The van der Waals surface area contributed by atoms with Crippen LogP contribution in [0.5, 0.6) is 5.75 Å². The van der Waals surface area contributed by atoms with Gasteiger partial charge in [0.05, 0.1) is 16.5 Å². The molecule has 0 aliphatic carbocycles. The maximum atomic E-state index is 12.1. The highest BCUT2D eigenvalue weighted by Gasteiger charge is 2.17. The van der Waals surface area contributed by atoms with Crippen LogP contribution in [0.15, 0.2) is 27.6 Å². The first-order valence-corrected chi connectivity index (χ1v) is 7.45. The van der Waals surface area contributed by atoms with Crippen molar-refractivity contribution in [3.63, 3.8) is 0 Å². The fourth-order valence-corrected chi connectivity index (χ4v) is 3.04. The zero-order valence-electron chi connectivity index (χ0n) is 10.1. The summed E-state index contributed by atoms with van der Waals surface area (Å²) in [6.45, 7) is 1.68. The number of rotatable bonds is 4. The number of sulfonamides is 1. The Hall–Kier alpha value is -1.61. The first-order chi connectivity index (χ1) is 8.92. The zero-order valence-corrected chi connectivity index (χ0v) is 12.5. The third kappa shape index (κ3) is 3.04. The molecule has 0 amide bonds. The van der Waals surface area contributed by atoms with Crippen LogP contribution in [0.25, 0.3) is 0 Å². The number of hydrogen-bond acceptors (Lipinski definition) is 5. The number of nitrogens with zero attached hydrogens (tertiary/aromatic N) is 2. The summed E-state index contributed by atoms with van der Waals surface area (Å²) in [4.78, 5) is 3.97. The lowest BCUT2D eigenvalue weighted by atomic mass is 10.3. The molecule has 1 aromatic carbocycles. The second kappa shape index (κ2) is 5.17. The van der Waals surface area contributed by atoms with Gasteiger partial charge in [-0.05, 0) is 41.1 Å². The Bertz CT molecular complexity index is 699. The Morgan fingerprint density at radius 1 is 1.42 bits per heavy atom. The van der Waals surface area contributed by atoms with Crippen molar-refractivity contribution in [2.75, 3.05) is 11.8 Å². The van der Waals surface area contributed by atoms with Gasteiger partial charge in [-0.15, -0.1) is 5.10 Å². The minimum Gasteiger partial charge on any atom is -0.496 e. The normalized spacial score (nSPS) is 11.3. The number of methoxy groups -OCH3 is 1. The van der Waals surface area contributed by atoms with E-state index >= 15 is 0 Å². The molecule has 2 rings (SSSR count). The van der Waals surface area contributed by atoms with Crippen LogP contribution in [-0.2, 0) is 10.0 Å². The quantitative estimate of drug-likeness (QED) is 0.877. The Balaban J connectivity index is 2.31. The van der Waals surface area contributed by atoms with Gasteiger partial charge in [-0.1, -0.05) is 0 Å². The number of aryl methyl sites for hydroxylation is 1. The van der Waals surface area contributed by atoms with Gasteiger partial charge in [0.25, 0.3) is 16.0 Å². The van der Waals surface area contributed by atoms with E-state index in [1.807, 2.05) is 0 Å². The standard InChI is InChI=1S/C10H11BrN4O3S/c1-6-12-10(14-13-6)15-19(16,17)7-3-4-9(18-2)8(11)5-7/h3-5H,1-2H3,(H2,12,13,14,15). The van der Waals surface area contributed by atoms with E-state index in [4.69, 9.17) is 4.74 Å².